The van der Waals surface area contributed by atoms with E-state index in [9.17, 15) is 13.6 Å². The molecule has 0 atom stereocenters. The first-order chi connectivity index (χ1) is 8.89. The molecule has 114 valence electrons. The van der Waals surface area contributed by atoms with Crippen molar-refractivity contribution in [3.8, 4) is 0 Å². The molecule has 0 heterocycles. The quantitative estimate of drug-likeness (QED) is 0.816. The van der Waals surface area contributed by atoms with E-state index in [2.05, 4.69) is 5.32 Å². The monoisotopic (exact) mass is 326 g/mol. The van der Waals surface area contributed by atoms with Crippen molar-refractivity contribution in [2.45, 2.75) is 32.2 Å². The smallest absolute Gasteiger partial charge is 0.254 e. The molecule has 0 saturated heterocycles. The maximum atomic E-state index is 13.6. The topological polar surface area (TPSA) is 55.1 Å². The van der Waals surface area contributed by atoms with Crippen molar-refractivity contribution in [3.05, 3.63) is 34.4 Å². The number of hydrogen-bond donors (Lipinski definition) is 2. The summed E-state index contributed by atoms with van der Waals surface area (Å²) in [6.07, 6.45) is 1.20. The number of hydrogen-bond acceptors (Lipinski definition) is 2. The third-order valence-corrected chi connectivity index (χ3v) is 3.67. The van der Waals surface area contributed by atoms with Crippen molar-refractivity contribution < 1.29 is 13.6 Å². The summed E-state index contributed by atoms with van der Waals surface area (Å²) in [5, 5.41) is 2.31. The summed E-state index contributed by atoms with van der Waals surface area (Å²) in [6, 6.07) is 1.58. The molecule has 20 heavy (non-hydrogen) atoms. The maximum Gasteiger partial charge on any atom is 0.254 e. The zero-order valence-electron chi connectivity index (χ0n) is 11.3. The molecule has 1 aromatic carbocycles. The van der Waals surface area contributed by atoms with E-state index in [0.717, 1.165) is 12.1 Å². The number of rotatable bonds is 5. The van der Waals surface area contributed by atoms with Crippen molar-refractivity contribution in [1.29, 1.82) is 0 Å². The Bertz CT molecular complexity index is 471. The van der Waals surface area contributed by atoms with Crippen LogP contribution in [0.5, 0.6) is 0 Å². The van der Waals surface area contributed by atoms with Gasteiger partial charge in [-0.2, -0.15) is 0 Å². The Hall–Kier alpha value is -0.910. The third kappa shape index (κ3) is 4.04. The van der Waals surface area contributed by atoms with Crippen LogP contribution in [-0.4, -0.2) is 18.0 Å². The van der Waals surface area contributed by atoms with E-state index in [-0.39, 0.29) is 29.5 Å². The average Bonchev–Trinajstić information content (AvgIpc) is 2.40. The van der Waals surface area contributed by atoms with Gasteiger partial charge in [-0.1, -0.05) is 25.4 Å². The molecule has 0 aliphatic rings. The zero-order valence-corrected chi connectivity index (χ0v) is 12.9. The van der Waals surface area contributed by atoms with E-state index in [1.165, 1.54) is 0 Å². The molecule has 0 bridgehead atoms. The minimum Gasteiger partial charge on any atom is -0.345 e. The highest BCUT2D eigenvalue weighted by Crippen LogP contribution is 2.21. The van der Waals surface area contributed by atoms with E-state index >= 15 is 0 Å². The normalized spacial score (nSPS) is 10.9. The molecule has 0 aliphatic carbocycles. The second kappa shape index (κ2) is 7.76. The molecule has 3 nitrogen and oxygen atoms in total. The zero-order chi connectivity index (χ0) is 14.6. The van der Waals surface area contributed by atoms with Crippen molar-refractivity contribution in [2.24, 2.45) is 5.73 Å². The van der Waals surface area contributed by atoms with E-state index in [1.54, 1.807) is 0 Å². The minimum atomic E-state index is -0.859. The van der Waals surface area contributed by atoms with Crippen LogP contribution < -0.4 is 11.1 Å². The van der Waals surface area contributed by atoms with E-state index in [0.29, 0.717) is 12.8 Å². The SMILES string of the molecule is CCC(CC)(CN)NC(=O)c1cc(F)c(Cl)cc1F.Cl. The molecule has 0 aliphatic heterocycles. The van der Waals surface area contributed by atoms with Crippen molar-refractivity contribution in [2.75, 3.05) is 6.54 Å². The second-order valence-electron chi connectivity index (χ2n) is 4.39. The third-order valence-electron chi connectivity index (χ3n) is 3.38. The van der Waals surface area contributed by atoms with Gasteiger partial charge in [0.2, 0.25) is 0 Å². The van der Waals surface area contributed by atoms with Crippen molar-refractivity contribution >= 4 is 29.9 Å². The average molecular weight is 327 g/mol. The van der Waals surface area contributed by atoms with Gasteiger partial charge in [0.15, 0.2) is 0 Å². The molecular formula is C13H18Cl2F2N2O. The highest BCUT2D eigenvalue weighted by molar-refractivity contribution is 6.30. The van der Waals surface area contributed by atoms with Gasteiger partial charge in [-0.05, 0) is 25.0 Å². The van der Waals surface area contributed by atoms with Gasteiger partial charge < -0.3 is 11.1 Å². The summed E-state index contributed by atoms with van der Waals surface area (Å²) in [7, 11) is 0. The van der Waals surface area contributed by atoms with E-state index in [4.69, 9.17) is 17.3 Å². The van der Waals surface area contributed by atoms with Crippen molar-refractivity contribution in [1.82, 2.24) is 5.32 Å². The summed E-state index contributed by atoms with van der Waals surface area (Å²) in [4.78, 5) is 12.0. The van der Waals surface area contributed by atoms with Gasteiger partial charge in [-0.15, -0.1) is 12.4 Å². The van der Waals surface area contributed by atoms with Crippen LogP contribution in [0.15, 0.2) is 12.1 Å². The summed E-state index contributed by atoms with van der Waals surface area (Å²) in [5.74, 6) is -2.39. The second-order valence-corrected chi connectivity index (χ2v) is 4.80. The molecule has 0 unspecified atom stereocenters. The van der Waals surface area contributed by atoms with Gasteiger partial charge in [-0.3, -0.25) is 4.79 Å². The Labute approximate surface area is 128 Å². The predicted octanol–water partition coefficient (Wildman–Crippen LogP) is 3.29. The number of benzene rings is 1. The molecule has 1 rings (SSSR count). The van der Waals surface area contributed by atoms with Crippen LogP contribution in [0.4, 0.5) is 8.78 Å². The molecule has 0 radical (unpaired) electrons. The summed E-state index contributed by atoms with van der Waals surface area (Å²) in [6.45, 7) is 3.97. The van der Waals surface area contributed by atoms with Crippen LogP contribution in [0, 0.1) is 11.6 Å². The van der Waals surface area contributed by atoms with Gasteiger partial charge in [-0.25, -0.2) is 8.78 Å². The number of nitrogens with one attached hydrogen (secondary N) is 1. The highest BCUT2D eigenvalue weighted by Gasteiger charge is 2.28. The molecule has 1 amide bonds. The fourth-order valence-electron chi connectivity index (χ4n) is 1.77. The molecule has 0 saturated carbocycles. The Kier molecular flexibility index (Phi) is 7.41. The Morgan fingerprint density at radius 2 is 1.85 bits per heavy atom. The highest BCUT2D eigenvalue weighted by atomic mass is 35.5. The number of nitrogens with two attached hydrogens (primary N) is 1. The number of amides is 1. The summed E-state index contributed by atoms with van der Waals surface area (Å²) in [5.41, 5.74) is 4.66. The maximum absolute atomic E-state index is 13.6. The number of carbonyl (C=O) groups is 1. The van der Waals surface area contributed by atoms with Crippen LogP contribution in [0.25, 0.3) is 0 Å². The van der Waals surface area contributed by atoms with Gasteiger partial charge in [0.1, 0.15) is 11.6 Å². The van der Waals surface area contributed by atoms with Gasteiger partial charge in [0.05, 0.1) is 16.1 Å². The van der Waals surface area contributed by atoms with Gasteiger partial charge in [0, 0.05) is 6.54 Å². The van der Waals surface area contributed by atoms with Crippen LogP contribution in [0.1, 0.15) is 37.0 Å². The molecule has 7 heteroatoms. The number of carbonyl (C=O) groups excluding carboxylic acids is 1. The fourth-order valence-corrected chi connectivity index (χ4v) is 1.92. The largest absolute Gasteiger partial charge is 0.345 e. The molecule has 0 spiro atoms. The van der Waals surface area contributed by atoms with E-state index < -0.39 is 23.1 Å². The van der Waals surface area contributed by atoms with Crippen LogP contribution >= 0.6 is 24.0 Å². The molecular weight excluding hydrogens is 309 g/mol. The number of halogens is 4. The van der Waals surface area contributed by atoms with Crippen LogP contribution in [-0.2, 0) is 0 Å². The van der Waals surface area contributed by atoms with Gasteiger partial charge in [0.25, 0.3) is 5.91 Å². The summed E-state index contributed by atoms with van der Waals surface area (Å²) < 4.78 is 26.9. The standard InChI is InChI=1S/C13H17ClF2N2O.ClH/c1-3-13(4-2,7-17)18-12(19)8-5-11(16)9(14)6-10(8)15;/h5-6H,3-4,7,17H2,1-2H3,(H,18,19);1H. The first-order valence-corrected chi connectivity index (χ1v) is 6.44. The predicted molar refractivity (Wildman–Crippen MR) is 78.4 cm³/mol. The first kappa shape index (κ1) is 19.1. The lowest BCUT2D eigenvalue weighted by Gasteiger charge is -2.31. The van der Waals surface area contributed by atoms with E-state index in [1.807, 2.05) is 13.8 Å². The Morgan fingerprint density at radius 1 is 1.30 bits per heavy atom. The van der Waals surface area contributed by atoms with Gasteiger partial charge >= 0.3 is 0 Å². The molecule has 3 N–H and O–H groups in total. The van der Waals surface area contributed by atoms with Crippen LogP contribution in [0.2, 0.25) is 5.02 Å². The van der Waals surface area contributed by atoms with Crippen molar-refractivity contribution in [3.63, 3.8) is 0 Å². The minimum absolute atomic E-state index is 0. The van der Waals surface area contributed by atoms with Crippen LogP contribution in [0.3, 0.4) is 0 Å². The lowest BCUT2D eigenvalue weighted by Crippen LogP contribution is -2.53. The first-order valence-electron chi connectivity index (χ1n) is 6.06. The lowest BCUT2D eigenvalue weighted by molar-refractivity contribution is 0.0890. The lowest BCUT2D eigenvalue weighted by atomic mass is 9.92. The molecule has 0 fully saturated rings. The summed E-state index contributed by atoms with van der Waals surface area (Å²) >= 11 is 5.44. The Morgan fingerprint density at radius 3 is 2.30 bits per heavy atom. The molecule has 0 aromatic heterocycles. The fraction of sp³-hybridized carbons (Fsp3) is 0.462. The Balaban J connectivity index is 0.00000361. The molecule has 1 aromatic rings.